The SMILES string of the molecule is Cc1c(CO)ccc2ccn(Cc3cccc(F)c3)c12. The molecule has 0 atom stereocenters. The summed E-state index contributed by atoms with van der Waals surface area (Å²) < 4.78 is 15.4. The Morgan fingerprint density at radius 3 is 2.75 bits per heavy atom. The summed E-state index contributed by atoms with van der Waals surface area (Å²) >= 11 is 0. The van der Waals surface area contributed by atoms with Crippen LogP contribution in [0.5, 0.6) is 0 Å². The molecule has 1 heterocycles. The van der Waals surface area contributed by atoms with Crippen molar-refractivity contribution in [2.24, 2.45) is 0 Å². The average molecular weight is 269 g/mol. The summed E-state index contributed by atoms with van der Waals surface area (Å²) in [5.41, 5.74) is 4.03. The molecule has 1 N–H and O–H groups in total. The summed E-state index contributed by atoms with van der Waals surface area (Å²) in [4.78, 5) is 0. The summed E-state index contributed by atoms with van der Waals surface area (Å²) in [7, 11) is 0. The molecule has 2 nitrogen and oxygen atoms in total. The van der Waals surface area contributed by atoms with Gasteiger partial charge in [-0.2, -0.15) is 0 Å². The van der Waals surface area contributed by atoms with Crippen LogP contribution in [0, 0.1) is 12.7 Å². The third-order valence-corrected chi connectivity index (χ3v) is 3.71. The first-order chi connectivity index (χ1) is 9.69. The van der Waals surface area contributed by atoms with Crippen LogP contribution in [0.4, 0.5) is 4.39 Å². The molecule has 0 radical (unpaired) electrons. The highest BCUT2D eigenvalue weighted by molar-refractivity contribution is 5.84. The lowest BCUT2D eigenvalue weighted by Gasteiger charge is -2.10. The van der Waals surface area contributed by atoms with Crippen molar-refractivity contribution >= 4 is 10.9 Å². The zero-order valence-corrected chi connectivity index (χ0v) is 11.3. The van der Waals surface area contributed by atoms with E-state index in [1.54, 1.807) is 12.1 Å². The van der Waals surface area contributed by atoms with Gasteiger partial charge >= 0.3 is 0 Å². The van der Waals surface area contributed by atoms with E-state index in [2.05, 4.69) is 4.57 Å². The van der Waals surface area contributed by atoms with Gasteiger partial charge in [-0.3, -0.25) is 0 Å². The Bertz CT molecular complexity index is 761. The topological polar surface area (TPSA) is 25.2 Å². The van der Waals surface area contributed by atoms with Crippen LogP contribution in [0.3, 0.4) is 0 Å². The highest BCUT2D eigenvalue weighted by Crippen LogP contribution is 2.24. The molecule has 2 aromatic carbocycles. The molecule has 0 aliphatic carbocycles. The lowest BCUT2D eigenvalue weighted by atomic mass is 10.1. The lowest BCUT2D eigenvalue weighted by Crippen LogP contribution is -2.01. The number of aryl methyl sites for hydroxylation is 1. The van der Waals surface area contributed by atoms with E-state index in [1.165, 1.54) is 6.07 Å². The van der Waals surface area contributed by atoms with Crippen molar-refractivity contribution in [3.8, 4) is 0 Å². The van der Waals surface area contributed by atoms with Gasteiger partial charge in [0.05, 0.1) is 12.1 Å². The molecule has 0 bridgehead atoms. The predicted octanol–water partition coefficient (Wildman–Crippen LogP) is 3.63. The molecular weight excluding hydrogens is 253 g/mol. The van der Waals surface area contributed by atoms with Crippen LogP contribution in [0.2, 0.25) is 0 Å². The fourth-order valence-electron chi connectivity index (χ4n) is 2.66. The van der Waals surface area contributed by atoms with Crippen molar-refractivity contribution in [1.29, 1.82) is 0 Å². The molecule has 0 saturated heterocycles. The highest BCUT2D eigenvalue weighted by atomic mass is 19.1. The Morgan fingerprint density at radius 1 is 1.15 bits per heavy atom. The van der Waals surface area contributed by atoms with Gasteiger partial charge in [-0.05, 0) is 47.2 Å². The Morgan fingerprint density at radius 2 is 2.00 bits per heavy atom. The molecule has 0 aliphatic heterocycles. The number of fused-ring (bicyclic) bond motifs is 1. The van der Waals surface area contributed by atoms with Gasteiger partial charge in [0.15, 0.2) is 0 Å². The van der Waals surface area contributed by atoms with Crippen molar-refractivity contribution in [3.05, 3.63) is 71.2 Å². The monoisotopic (exact) mass is 269 g/mol. The minimum absolute atomic E-state index is 0.0346. The smallest absolute Gasteiger partial charge is 0.123 e. The number of hydrogen-bond acceptors (Lipinski definition) is 1. The number of nitrogens with zero attached hydrogens (tertiary/aromatic N) is 1. The highest BCUT2D eigenvalue weighted by Gasteiger charge is 2.08. The van der Waals surface area contributed by atoms with Crippen molar-refractivity contribution in [2.45, 2.75) is 20.1 Å². The second kappa shape index (κ2) is 5.10. The quantitative estimate of drug-likeness (QED) is 0.771. The van der Waals surface area contributed by atoms with Gasteiger partial charge in [0, 0.05) is 12.7 Å². The first-order valence-corrected chi connectivity index (χ1v) is 6.61. The molecule has 0 saturated carbocycles. The Balaban J connectivity index is 2.08. The maximum Gasteiger partial charge on any atom is 0.123 e. The van der Waals surface area contributed by atoms with Gasteiger partial charge in [0.1, 0.15) is 5.82 Å². The number of aliphatic hydroxyl groups excluding tert-OH is 1. The van der Waals surface area contributed by atoms with Crippen molar-refractivity contribution in [2.75, 3.05) is 0 Å². The van der Waals surface area contributed by atoms with E-state index in [0.717, 1.165) is 27.6 Å². The predicted molar refractivity (Wildman–Crippen MR) is 78.1 cm³/mol. The minimum Gasteiger partial charge on any atom is -0.392 e. The third kappa shape index (κ3) is 2.21. The van der Waals surface area contributed by atoms with Gasteiger partial charge in [-0.25, -0.2) is 4.39 Å². The van der Waals surface area contributed by atoms with Crippen LogP contribution in [0.15, 0.2) is 48.7 Å². The molecule has 0 amide bonds. The molecule has 20 heavy (non-hydrogen) atoms. The van der Waals surface area contributed by atoms with Crippen LogP contribution in [0.25, 0.3) is 10.9 Å². The normalized spacial score (nSPS) is 11.2. The molecule has 102 valence electrons. The van der Waals surface area contributed by atoms with Gasteiger partial charge in [0.25, 0.3) is 0 Å². The number of halogens is 1. The Labute approximate surface area is 117 Å². The van der Waals surface area contributed by atoms with Crippen molar-refractivity contribution in [3.63, 3.8) is 0 Å². The summed E-state index contributed by atoms with van der Waals surface area (Å²) in [6.45, 7) is 2.67. The van der Waals surface area contributed by atoms with E-state index < -0.39 is 0 Å². The molecule has 0 spiro atoms. The lowest BCUT2D eigenvalue weighted by molar-refractivity contribution is 0.281. The van der Waals surface area contributed by atoms with E-state index in [9.17, 15) is 9.50 Å². The summed E-state index contributed by atoms with van der Waals surface area (Å²) in [5.74, 6) is -0.216. The largest absolute Gasteiger partial charge is 0.392 e. The van der Waals surface area contributed by atoms with Gasteiger partial charge in [-0.15, -0.1) is 0 Å². The first-order valence-electron chi connectivity index (χ1n) is 6.61. The van der Waals surface area contributed by atoms with Crippen molar-refractivity contribution < 1.29 is 9.50 Å². The zero-order valence-electron chi connectivity index (χ0n) is 11.3. The van der Waals surface area contributed by atoms with E-state index in [0.29, 0.717) is 6.54 Å². The maximum atomic E-state index is 13.3. The fraction of sp³-hybridized carbons (Fsp3) is 0.176. The number of aromatic nitrogens is 1. The summed E-state index contributed by atoms with van der Waals surface area (Å²) in [6, 6.07) is 12.6. The van der Waals surface area contributed by atoms with E-state index in [4.69, 9.17) is 0 Å². The van der Waals surface area contributed by atoms with Crippen LogP contribution in [-0.4, -0.2) is 9.67 Å². The zero-order chi connectivity index (χ0) is 14.1. The van der Waals surface area contributed by atoms with E-state index >= 15 is 0 Å². The average Bonchev–Trinajstić information content (AvgIpc) is 2.83. The number of aliphatic hydroxyl groups is 1. The number of benzene rings is 2. The van der Waals surface area contributed by atoms with Gasteiger partial charge < -0.3 is 9.67 Å². The molecule has 0 fully saturated rings. The molecular formula is C17H16FNO. The van der Waals surface area contributed by atoms with Gasteiger partial charge in [0.2, 0.25) is 0 Å². The second-order valence-electron chi connectivity index (χ2n) is 5.02. The summed E-state index contributed by atoms with van der Waals surface area (Å²) in [5, 5.41) is 10.5. The van der Waals surface area contributed by atoms with Gasteiger partial charge in [-0.1, -0.05) is 24.3 Å². The molecule has 0 unspecified atom stereocenters. The molecule has 3 rings (SSSR count). The van der Waals surface area contributed by atoms with E-state index in [1.807, 2.05) is 37.4 Å². The number of hydrogen-bond donors (Lipinski definition) is 1. The second-order valence-corrected chi connectivity index (χ2v) is 5.02. The minimum atomic E-state index is -0.216. The molecule has 3 heteroatoms. The standard InChI is InChI=1S/C17H16FNO/c1-12-15(11-20)6-5-14-7-8-19(17(12)14)10-13-3-2-4-16(18)9-13/h2-9,20H,10-11H2,1H3. The van der Waals surface area contributed by atoms with Crippen LogP contribution < -0.4 is 0 Å². The number of rotatable bonds is 3. The molecule has 0 aliphatic rings. The Hall–Kier alpha value is -2.13. The molecule has 1 aromatic heterocycles. The van der Waals surface area contributed by atoms with Crippen LogP contribution in [-0.2, 0) is 13.2 Å². The Kier molecular flexibility index (Phi) is 3.28. The summed E-state index contributed by atoms with van der Waals surface area (Å²) in [6.07, 6.45) is 2.00. The third-order valence-electron chi connectivity index (χ3n) is 3.71. The van der Waals surface area contributed by atoms with Crippen molar-refractivity contribution in [1.82, 2.24) is 4.57 Å². The van der Waals surface area contributed by atoms with Crippen LogP contribution >= 0.6 is 0 Å². The molecule has 3 aromatic rings. The van der Waals surface area contributed by atoms with E-state index in [-0.39, 0.29) is 12.4 Å². The fourth-order valence-corrected chi connectivity index (χ4v) is 2.66. The van der Waals surface area contributed by atoms with Crippen LogP contribution in [0.1, 0.15) is 16.7 Å². The first kappa shape index (κ1) is 12.9. The maximum absolute atomic E-state index is 13.3.